The Balaban J connectivity index is 1.92. The average Bonchev–Trinajstić information content (AvgIpc) is 2.93. The molecule has 1 unspecified atom stereocenters. The van der Waals surface area contributed by atoms with Gasteiger partial charge in [-0.3, -0.25) is 9.59 Å². The molecule has 1 fully saturated rings. The Labute approximate surface area is 124 Å². The van der Waals surface area contributed by atoms with Crippen LogP contribution in [0, 0.1) is 0 Å². The molecule has 7 nitrogen and oxygen atoms in total. The molecule has 1 saturated heterocycles. The topological polar surface area (TPSA) is 88.3 Å². The highest BCUT2D eigenvalue weighted by atomic mass is 16.5. The van der Waals surface area contributed by atoms with Gasteiger partial charge in [-0.15, -0.1) is 0 Å². The number of hydrogen-bond donors (Lipinski definition) is 1. The third kappa shape index (κ3) is 3.59. The maximum absolute atomic E-state index is 12.3. The lowest BCUT2D eigenvalue weighted by Crippen LogP contribution is -2.56. The third-order valence-corrected chi connectivity index (χ3v) is 3.59. The monoisotopic (exact) mass is 294 g/mol. The molecule has 0 saturated carbocycles. The molecule has 0 aromatic carbocycles. The van der Waals surface area contributed by atoms with Crippen LogP contribution in [0.15, 0.2) is 4.52 Å². The molecule has 0 bridgehead atoms. The van der Waals surface area contributed by atoms with Gasteiger partial charge in [0.1, 0.15) is 6.04 Å². The van der Waals surface area contributed by atoms with E-state index in [9.17, 15) is 9.59 Å². The molecule has 1 N–H and O–H groups in total. The number of nitrogens with zero attached hydrogens (tertiary/aromatic N) is 3. The van der Waals surface area contributed by atoms with E-state index >= 15 is 0 Å². The fourth-order valence-electron chi connectivity index (χ4n) is 2.38. The maximum atomic E-state index is 12.3. The number of aromatic nitrogens is 2. The molecule has 1 aliphatic rings. The van der Waals surface area contributed by atoms with Gasteiger partial charge in [-0.1, -0.05) is 25.9 Å². The molecule has 1 aromatic heterocycles. The van der Waals surface area contributed by atoms with E-state index in [0.717, 1.165) is 0 Å². The summed E-state index contributed by atoms with van der Waals surface area (Å²) in [5.41, 5.74) is 0. The van der Waals surface area contributed by atoms with Crippen molar-refractivity contribution in [2.24, 2.45) is 0 Å². The van der Waals surface area contributed by atoms with Crippen molar-refractivity contribution < 1.29 is 14.1 Å². The quantitative estimate of drug-likeness (QED) is 0.870. The van der Waals surface area contributed by atoms with E-state index in [1.54, 1.807) is 4.90 Å². The molecule has 0 spiro atoms. The van der Waals surface area contributed by atoms with Crippen LogP contribution in [0.5, 0.6) is 0 Å². The average molecular weight is 294 g/mol. The van der Waals surface area contributed by atoms with Crippen LogP contribution in [-0.4, -0.2) is 46.0 Å². The molecule has 7 heteroatoms. The van der Waals surface area contributed by atoms with Gasteiger partial charge in [-0.05, 0) is 6.42 Å². The zero-order chi connectivity index (χ0) is 15.4. The molecular weight excluding hydrogens is 272 g/mol. The smallest absolute Gasteiger partial charge is 0.242 e. The Kier molecular flexibility index (Phi) is 4.93. The van der Waals surface area contributed by atoms with E-state index in [1.165, 1.54) is 0 Å². The summed E-state index contributed by atoms with van der Waals surface area (Å²) < 4.78 is 5.13. The number of nitrogens with one attached hydrogen (secondary N) is 1. The van der Waals surface area contributed by atoms with Crippen molar-refractivity contribution in [3.05, 3.63) is 11.7 Å². The Hall–Kier alpha value is -1.92. The summed E-state index contributed by atoms with van der Waals surface area (Å²) in [6, 6.07) is -0.361. The number of piperazine rings is 1. The normalized spacial score (nSPS) is 19.0. The van der Waals surface area contributed by atoms with E-state index in [4.69, 9.17) is 4.52 Å². The van der Waals surface area contributed by atoms with Gasteiger partial charge < -0.3 is 14.7 Å². The predicted molar refractivity (Wildman–Crippen MR) is 75.5 cm³/mol. The molecular formula is C14H22N4O3. The fraction of sp³-hybridized carbons (Fsp3) is 0.714. The van der Waals surface area contributed by atoms with Gasteiger partial charge in [0.05, 0.1) is 0 Å². The van der Waals surface area contributed by atoms with Gasteiger partial charge in [-0.2, -0.15) is 4.98 Å². The van der Waals surface area contributed by atoms with E-state index in [1.807, 2.05) is 20.8 Å². The number of rotatable bonds is 5. The summed E-state index contributed by atoms with van der Waals surface area (Å²) in [6.45, 7) is 6.95. The number of carbonyl (C=O) groups excluding carboxylic acids is 2. The van der Waals surface area contributed by atoms with Gasteiger partial charge >= 0.3 is 0 Å². The van der Waals surface area contributed by atoms with Crippen molar-refractivity contribution in [1.82, 2.24) is 20.4 Å². The Bertz CT molecular complexity index is 512. The van der Waals surface area contributed by atoms with Crippen LogP contribution < -0.4 is 5.32 Å². The Morgan fingerprint density at radius 2 is 2.29 bits per heavy atom. The van der Waals surface area contributed by atoms with Crippen LogP contribution in [-0.2, 0) is 16.0 Å². The van der Waals surface area contributed by atoms with Crippen molar-refractivity contribution in [1.29, 1.82) is 0 Å². The molecule has 2 rings (SSSR count). The summed E-state index contributed by atoms with van der Waals surface area (Å²) in [5, 5.41) is 6.66. The van der Waals surface area contributed by atoms with Crippen molar-refractivity contribution in [2.45, 2.75) is 52.0 Å². The van der Waals surface area contributed by atoms with Crippen molar-refractivity contribution in [2.75, 3.05) is 13.1 Å². The highest BCUT2D eigenvalue weighted by Gasteiger charge is 2.31. The molecule has 0 aliphatic carbocycles. The van der Waals surface area contributed by atoms with Crippen LogP contribution in [0.25, 0.3) is 0 Å². The highest BCUT2D eigenvalue weighted by Crippen LogP contribution is 2.13. The molecule has 21 heavy (non-hydrogen) atoms. The molecule has 2 heterocycles. The molecule has 1 aliphatic heterocycles. The second-order valence-electron chi connectivity index (χ2n) is 5.50. The Morgan fingerprint density at radius 1 is 1.52 bits per heavy atom. The molecule has 0 radical (unpaired) electrons. The summed E-state index contributed by atoms with van der Waals surface area (Å²) >= 11 is 0. The minimum absolute atomic E-state index is 0.0407. The van der Waals surface area contributed by atoms with E-state index in [2.05, 4.69) is 15.5 Å². The molecule has 116 valence electrons. The van der Waals surface area contributed by atoms with Gasteiger partial charge in [0.15, 0.2) is 5.82 Å². The molecule has 1 atom stereocenters. The van der Waals surface area contributed by atoms with Gasteiger partial charge in [0.25, 0.3) is 0 Å². The van der Waals surface area contributed by atoms with E-state index in [0.29, 0.717) is 37.6 Å². The molecule has 2 amide bonds. The number of aryl methyl sites for hydroxylation is 1. The largest absolute Gasteiger partial charge is 0.353 e. The zero-order valence-electron chi connectivity index (χ0n) is 12.8. The van der Waals surface area contributed by atoms with Crippen molar-refractivity contribution in [3.8, 4) is 0 Å². The lowest BCUT2D eigenvalue weighted by atomic mass is 10.1. The lowest BCUT2D eigenvalue weighted by molar-refractivity contribution is -0.143. The molecule has 1 aromatic rings. The minimum Gasteiger partial charge on any atom is -0.353 e. The van der Waals surface area contributed by atoms with Gasteiger partial charge in [0.2, 0.25) is 17.7 Å². The second-order valence-corrected chi connectivity index (χ2v) is 5.50. The number of carbonyl (C=O) groups is 2. The SMILES string of the molecule is CCC1C(=O)NCCN1C(=O)CCc1nc(C(C)C)no1. The first-order valence-corrected chi connectivity index (χ1v) is 7.42. The summed E-state index contributed by atoms with van der Waals surface area (Å²) in [4.78, 5) is 29.9. The Morgan fingerprint density at radius 3 is 2.90 bits per heavy atom. The van der Waals surface area contributed by atoms with Crippen LogP contribution in [0.1, 0.15) is 51.2 Å². The van der Waals surface area contributed by atoms with Crippen LogP contribution in [0.3, 0.4) is 0 Å². The van der Waals surface area contributed by atoms with Crippen LogP contribution >= 0.6 is 0 Å². The zero-order valence-corrected chi connectivity index (χ0v) is 12.8. The first kappa shape index (κ1) is 15.5. The maximum Gasteiger partial charge on any atom is 0.242 e. The van der Waals surface area contributed by atoms with E-state index < -0.39 is 0 Å². The summed E-state index contributed by atoms with van der Waals surface area (Å²) in [5.74, 6) is 1.22. The number of amides is 2. The van der Waals surface area contributed by atoms with Gasteiger partial charge in [-0.25, -0.2) is 0 Å². The second kappa shape index (κ2) is 6.69. The van der Waals surface area contributed by atoms with Crippen molar-refractivity contribution in [3.63, 3.8) is 0 Å². The van der Waals surface area contributed by atoms with E-state index in [-0.39, 0.29) is 30.2 Å². The predicted octanol–water partition coefficient (Wildman–Crippen LogP) is 0.863. The lowest BCUT2D eigenvalue weighted by Gasteiger charge is -2.34. The fourth-order valence-corrected chi connectivity index (χ4v) is 2.38. The van der Waals surface area contributed by atoms with Crippen molar-refractivity contribution >= 4 is 11.8 Å². The number of hydrogen-bond acceptors (Lipinski definition) is 5. The van der Waals surface area contributed by atoms with Crippen LogP contribution in [0.4, 0.5) is 0 Å². The van der Waals surface area contributed by atoms with Crippen LogP contribution in [0.2, 0.25) is 0 Å². The summed E-state index contributed by atoms with van der Waals surface area (Å²) in [6.07, 6.45) is 1.31. The first-order chi connectivity index (χ1) is 10.0. The minimum atomic E-state index is -0.361. The first-order valence-electron chi connectivity index (χ1n) is 7.42. The highest BCUT2D eigenvalue weighted by molar-refractivity contribution is 5.88. The third-order valence-electron chi connectivity index (χ3n) is 3.59. The summed E-state index contributed by atoms with van der Waals surface area (Å²) in [7, 11) is 0. The van der Waals surface area contributed by atoms with Gasteiger partial charge in [0, 0.05) is 31.8 Å². The standard InChI is InChI=1S/C14H22N4O3/c1-4-10-14(20)15-7-8-18(10)12(19)6-5-11-16-13(9(2)3)17-21-11/h9-10H,4-8H2,1-3H3,(H,15,20).